The second-order valence-electron chi connectivity index (χ2n) is 7.74. The molecule has 4 heterocycles. The number of aryl methyl sites for hydroxylation is 2. The van der Waals surface area contributed by atoms with E-state index in [1.54, 1.807) is 30.5 Å². The number of aromatic amines is 1. The number of pyridine rings is 1. The summed E-state index contributed by atoms with van der Waals surface area (Å²) < 4.78 is 5.01. The number of H-pyrrole nitrogens is 1. The predicted octanol–water partition coefficient (Wildman–Crippen LogP) is 3.06. The molecule has 9 heteroatoms. The zero-order valence-corrected chi connectivity index (χ0v) is 19.1. The van der Waals surface area contributed by atoms with Gasteiger partial charge in [-0.25, -0.2) is 14.8 Å². The van der Waals surface area contributed by atoms with E-state index in [4.69, 9.17) is 9.72 Å². The minimum Gasteiger partial charge on any atom is -0.462 e. The average molecular weight is 442 g/mol. The smallest absolute Gasteiger partial charge is 0.339 e. The van der Waals surface area contributed by atoms with E-state index in [9.17, 15) is 9.59 Å². The Morgan fingerprint density at radius 3 is 2.65 bits per heavy atom. The summed E-state index contributed by atoms with van der Waals surface area (Å²) in [4.78, 5) is 43.1. The zero-order chi connectivity index (χ0) is 22.1. The molecule has 0 aliphatic carbocycles. The first-order valence-electron chi connectivity index (χ1n) is 10.5. The van der Waals surface area contributed by atoms with Crippen molar-refractivity contribution in [1.29, 1.82) is 0 Å². The van der Waals surface area contributed by atoms with Crippen LogP contribution in [0.25, 0.3) is 10.2 Å². The van der Waals surface area contributed by atoms with Crippen molar-refractivity contribution in [3.05, 3.63) is 50.5 Å². The van der Waals surface area contributed by atoms with Crippen LogP contribution >= 0.6 is 11.3 Å². The first-order chi connectivity index (χ1) is 14.9. The number of carbonyl (C=O) groups is 1. The van der Waals surface area contributed by atoms with Crippen LogP contribution in [0.1, 0.15) is 46.5 Å². The monoisotopic (exact) mass is 441 g/mol. The number of thiophene rings is 1. The molecule has 0 amide bonds. The molecular formula is C22H27N5O3S. The summed E-state index contributed by atoms with van der Waals surface area (Å²) in [6.45, 7) is 11.5. The topological polar surface area (TPSA) is 91.4 Å². The molecule has 4 rings (SSSR count). The number of piperazine rings is 1. The van der Waals surface area contributed by atoms with Crippen LogP contribution in [-0.2, 0) is 4.74 Å². The van der Waals surface area contributed by atoms with Gasteiger partial charge in [0.1, 0.15) is 16.5 Å². The standard InChI is InChI=1S/C22H27N5O3S/c1-5-30-22(29)16-6-7-17(23-12-16)27-10-8-26(9-11-27)14(3)19-24-20(28)18-13(2)15(4)31-21(18)25-19/h6-7,12,14H,5,8-11H2,1-4H3,(H,24,25,28). The number of hydrogen-bond acceptors (Lipinski definition) is 8. The van der Waals surface area contributed by atoms with Gasteiger partial charge in [0.2, 0.25) is 0 Å². The molecule has 0 spiro atoms. The highest BCUT2D eigenvalue weighted by Crippen LogP contribution is 2.28. The van der Waals surface area contributed by atoms with E-state index in [2.05, 4.69) is 26.7 Å². The van der Waals surface area contributed by atoms with E-state index in [0.717, 1.165) is 47.3 Å². The molecule has 1 aliphatic rings. The van der Waals surface area contributed by atoms with E-state index < -0.39 is 0 Å². The maximum atomic E-state index is 12.6. The van der Waals surface area contributed by atoms with Crippen molar-refractivity contribution in [3.63, 3.8) is 0 Å². The van der Waals surface area contributed by atoms with Gasteiger partial charge in [-0.2, -0.15) is 0 Å². The summed E-state index contributed by atoms with van der Waals surface area (Å²) in [7, 11) is 0. The van der Waals surface area contributed by atoms with E-state index in [-0.39, 0.29) is 17.6 Å². The lowest BCUT2D eigenvalue weighted by molar-refractivity contribution is 0.0526. The molecule has 3 aromatic heterocycles. The molecule has 3 aromatic rings. The molecule has 1 fully saturated rings. The van der Waals surface area contributed by atoms with Crippen molar-refractivity contribution in [2.75, 3.05) is 37.7 Å². The van der Waals surface area contributed by atoms with Crippen LogP contribution in [0.5, 0.6) is 0 Å². The first-order valence-corrected chi connectivity index (χ1v) is 11.3. The molecular weight excluding hydrogens is 414 g/mol. The third kappa shape index (κ3) is 4.20. The van der Waals surface area contributed by atoms with E-state index in [0.29, 0.717) is 23.4 Å². The van der Waals surface area contributed by atoms with Gasteiger partial charge in [-0.15, -0.1) is 11.3 Å². The maximum absolute atomic E-state index is 12.6. The Balaban J connectivity index is 1.43. The Kier molecular flexibility index (Phi) is 6.06. The number of nitrogens with one attached hydrogen (secondary N) is 1. The summed E-state index contributed by atoms with van der Waals surface area (Å²) in [5.74, 6) is 1.21. The van der Waals surface area contributed by atoms with Crippen molar-refractivity contribution in [1.82, 2.24) is 19.9 Å². The van der Waals surface area contributed by atoms with Gasteiger partial charge < -0.3 is 14.6 Å². The molecule has 1 saturated heterocycles. The van der Waals surface area contributed by atoms with E-state index in [1.165, 1.54) is 0 Å². The van der Waals surface area contributed by atoms with E-state index >= 15 is 0 Å². The van der Waals surface area contributed by atoms with Crippen molar-refractivity contribution in [2.24, 2.45) is 0 Å². The highest BCUT2D eigenvalue weighted by atomic mass is 32.1. The van der Waals surface area contributed by atoms with Gasteiger partial charge in [0.05, 0.1) is 23.6 Å². The number of carbonyl (C=O) groups excluding carboxylic acids is 1. The fourth-order valence-corrected chi connectivity index (χ4v) is 4.93. The van der Waals surface area contributed by atoms with Crippen molar-refractivity contribution < 1.29 is 9.53 Å². The van der Waals surface area contributed by atoms with Crippen LogP contribution in [0.4, 0.5) is 5.82 Å². The number of rotatable bonds is 5. The highest BCUT2D eigenvalue weighted by molar-refractivity contribution is 7.18. The molecule has 0 aromatic carbocycles. The Morgan fingerprint density at radius 1 is 1.26 bits per heavy atom. The minimum atomic E-state index is -0.352. The molecule has 8 nitrogen and oxygen atoms in total. The van der Waals surface area contributed by atoms with Gasteiger partial charge in [0.15, 0.2) is 0 Å². The van der Waals surface area contributed by atoms with Gasteiger partial charge >= 0.3 is 5.97 Å². The zero-order valence-electron chi connectivity index (χ0n) is 18.3. The lowest BCUT2D eigenvalue weighted by atomic mass is 10.2. The second kappa shape index (κ2) is 8.76. The van der Waals surface area contributed by atoms with Crippen LogP contribution in [0.3, 0.4) is 0 Å². The lowest BCUT2D eigenvalue weighted by Gasteiger charge is -2.38. The summed E-state index contributed by atoms with van der Waals surface area (Å²) in [5.41, 5.74) is 1.42. The molecule has 31 heavy (non-hydrogen) atoms. The third-order valence-corrected chi connectivity index (χ3v) is 7.00. The number of hydrogen-bond donors (Lipinski definition) is 1. The molecule has 1 atom stereocenters. The van der Waals surface area contributed by atoms with Crippen LogP contribution in [-0.4, -0.2) is 58.6 Å². The number of anilines is 1. The maximum Gasteiger partial charge on any atom is 0.339 e. The van der Waals surface area contributed by atoms with Crippen molar-refractivity contribution in [3.8, 4) is 0 Å². The molecule has 0 bridgehead atoms. The van der Waals surface area contributed by atoms with Crippen LogP contribution in [0, 0.1) is 13.8 Å². The van der Waals surface area contributed by atoms with E-state index in [1.807, 2.05) is 19.9 Å². The third-order valence-electron chi connectivity index (χ3n) is 5.90. The highest BCUT2D eigenvalue weighted by Gasteiger charge is 2.25. The quantitative estimate of drug-likeness (QED) is 0.609. The van der Waals surface area contributed by atoms with Gasteiger partial charge in [-0.3, -0.25) is 9.69 Å². The molecule has 1 N–H and O–H groups in total. The first kappa shape index (κ1) is 21.5. The number of aromatic nitrogens is 3. The molecule has 1 unspecified atom stereocenters. The van der Waals surface area contributed by atoms with Gasteiger partial charge in [-0.05, 0) is 45.4 Å². The minimum absolute atomic E-state index is 0.0149. The van der Waals surface area contributed by atoms with Crippen LogP contribution in [0.2, 0.25) is 0 Å². The van der Waals surface area contributed by atoms with Crippen molar-refractivity contribution >= 4 is 33.3 Å². The number of fused-ring (bicyclic) bond motifs is 1. The number of esters is 1. The number of nitrogens with zero attached hydrogens (tertiary/aromatic N) is 4. The largest absolute Gasteiger partial charge is 0.462 e. The molecule has 1 aliphatic heterocycles. The van der Waals surface area contributed by atoms with Crippen LogP contribution in [0.15, 0.2) is 23.1 Å². The molecule has 164 valence electrons. The van der Waals surface area contributed by atoms with Crippen LogP contribution < -0.4 is 10.5 Å². The Bertz CT molecular complexity index is 1150. The summed E-state index contributed by atoms with van der Waals surface area (Å²) in [6.07, 6.45) is 1.57. The second-order valence-corrected chi connectivity index (χ2v) is 8.94. The van der Waals surface area contributed by atoms with Gasteiger partial charge in [0, 0.05) is 37.3 Å². The SMILES string of the molecule is CCOC(=O)c1ccc(N2CCN(C(C)c3nc4sc(C)c(C)c4c(=O)[nH]3)CC2)nc1. The normalized spacial score (nSPS) is 15.9. The summed E-state index contributed by atoms with van der Waals surface area (Å²) in [6, 6.07) is 3.63. The Hall–Kier alpha value is -2.78. The summed E-state index contributed by atoms with van der Waals surface area (Å²) in [5, 5.41) is 0.709. The fraction of sp³-hybridized carbons (Fsp3) is 0.455. The summed E-state index contributed by atoms with van der Waals surface area (Å²) >= 11 is 1.58. The fourth-order valence-electron chi connectivity index (χ4n) is 3.89. The predicted molar refractivity (Wildman–Crippen MR) is 122 cm³/mol. The molecule has 0 saturated carbocycles. The van der Waals surface area contributed by atoms with Gasteiger partial charge in [-0.1, -0.05) is 0 Å². The lowest BCUT2D eigenvalue weighted by Crippen LogP contribution is -2.47. The van der Waals surface area contributed by atoms with Crippen molar-refractivity contribution in [2.45, 2.75) is 33.7 Å². The number of ether oxygens (including phenoxy) is 1. The molecule has 0 radical (unpaired) electrons. The van der Waals surface area contributed by atoms with Gasteiger partial charge in [0.25, 0.3) is 5.56 Å². The average Bonchev–Trinajstić information content (AvgIpc) is 3.07. The Labute approximate surface area is 184 Å². The Morgan fingerprint density at radius 2 is 2.00 bits per heavy atom.